The van der Waals surface area contributed by atoms with E-state index in [1.807, 2.05) is 34.0 Å². The molecule has 3 amide bonds. The first-order valence-electron chi connectivity index (χ1n) is 11.2. The molecule has 0 aliphatic carbocycles. The molecule has 184 valence electrons. The molecule has 1 rings (SSSR count). The lowest BCUT2D eigenvalue weighted by Crippen LogP contribution is -2.52. The minimum absolute atomic E-state index is 0.108. The lowest BCUT2D eigenvalue weighted by molar-refractivity contribution is -0.148. The van der Waals surface area contributed by atoms with Crippen molar-refractivity contribution in [2.75, 3.05) is 25.7 Å². The van der Waals surface area contributed by atoms with E-state index in [1.54, 1.807) is 11.8 Å². The quantitative estimate of drug-likeness (QED) is 0.325. The molecule has 0 spiro atoms. The zero-order valence-electron chi connectivity index (χ0n) is 20.1. The van der Waals surface area contributed by atoms with Gasteiger partial charge in [0.05, 0.1) is 19.8 Å². The minimum atomic E-state index is -0.786. The van der Waals surface area contributed by atoms with Gasteiger partial charge < -0.3 is 25.4 Å². The number of carbonyl (C=O) groups excluding carboxylic acids is 4. The molecule has 1 aliphatic heterocycles. The molecule has 10 heteroatoms. The van der Waals surface area contributed by atoms with Crippen LogP contribution in [0.25, 0.3) is 0 Å². The maximum atomic E-state index is 12.9. The van der Waals surface area contributed by atoms with Crippen molar-refractivity contribution >= 4 is 35.5 Å². The van der Waals surface area contributed by atoms with Crippen molar-refractivity contribution in [1.82, 2.24) is 16.0 Å². The maximum Gasteiger partial charge on any atom is 0.328 e. The van der Waals surface area contributed by atoms with Crippen LogP contribution in [0.15, 0.2) is 0 Å². The molecule has 1 saturated heterocycles. The third kappa shape index (κ3) is 8.97. The van der Waals surface area contributed by atoms with Crippen molar-refractivity contribution in [2.45, 2.75) is 77.6 Å². The van der Waals surface area contributed by atoms with Crippen molar-refractivity contribution < 1.29 is 28.7 Å². The second kappa shape index (κ2) is 14.4. The molecule has 0 radical (unpaired) electrons. The number of ether oxygens (including phenoxy) is 2. The van der Waals surface area contributed by atoms with Gasteiger partial charge in [0.15, 0.2) is 0 Å². The summed E-state index contributed by atoms with van der Waals surface area (Å²) in [5, 5.41) is 8.40. The van der Waals surface area contributed by atoms with Crippen LogP contribution in [0, 0.1) is 11.8 Å². The van der Waals surface area contributed by atoms with Crippen LogP contribution < -0.4 is 16.0 Å². The van der Waals surface area contributed by atoms with Gasteiger partial charge in [-0.05, 0) is 36.7 Å². The van der Waals surface area contributed by atoms with Crippen molar-refractivity contribution in [3.63, 3.8) is 0 Å². The molecule has 9 nitrogen and oxygen atoms in total. The second-order valence-corrected chi connectivity index (χ2v) is 9.51. The van der Waals surface area contributed by atoms with E-state index in [0.29, 0.717) is 25.0 Å². The molecular formula is C22H39N3O6S. The summed E-state index contributed by atoms with van der Waals surface area (Å²) in [6, 6.07) is -1.58. The molecule has 1 fully saturated rings. The Bertz CT molecular complexity index is 645. The zero-order valence-corrected chi connectivity index (χ0v) is 20.9. The van der Waals surface area contributed by atoms with Gasteiger partial charge in [0.1, 0.15) is 18.2 Å². The highest BCUT2D eigenvalue weighted by molar-refractivity contribution is 7.98. The number of methoxy groups -OCH3 is 1. The van der Waals surface area contributed by atoms with Crippen LogP contribution in [0.3, 0.4) is 0 Å². The molecule has 0 aromatic carbocycles. The summed E-state index contributed by atoms with van der Waals surface area (Å²) in [6.07, 6.45) is 3.23. The van der Waals surface area contributed by atoms with Gasteiger partial charge in [0.2, 0.25) is 17.7 Å². The van der Waals surface area contributed by atoms with E-state index in [0.717, 1.165) is 6.42 Å². The van der Waals surface area contributed by atoms with E-state index in [-0.39, 0.29) is 42.2 Å². The number of esters is 1. The van der Waals surface area contributed by atoms with Crippen molar-refractivity contribution in [2.24, 2.45) is 11.8 Å². The summed E-state index contributed by atoms with van der Waals surface area (Å²) in [7, 11) is 1.29. The van der Waals surface area contributed by atoms with Crippen molar-refractivity contribution in [1.29, 1.82) is 0 Å². The molecule has 0 bridgehead atoms. The first-order chi connectivity index (χ1) is 15.1. The Morgan fingerprint density at radius 3 is 2.41 bits per heavy atom. The number of carbonyl (C=O) groups is 4. The van der Waals surface area contributed by atoms with Gasteiger partial charge in [0, 0.05) is 6.42 Å². The molecular weight excluding hydrogens is 434 g/mol. The fourth-order valence-electron chi connectivity index (χ4n) is 3.39. The van der Waals surface area contributed by atoms with E-state index in [2.05, 4.69) is 16.0 Å². The van der Waals surface area contributed by atoms with Gasteiger partial charge in [0.25, 0.3) is 0 Å². The van der Waals surface area contributed by atoms with Crippen LogP contribution >= 0.6 is 11.8 Å². The average molecular weight is 474 g/mol. The molecule has 5 unspecified atom stereocenters. The Hall–Kier alpha value is -1.81. The first-order valence-corrected chi connectivity index (χ1v) is 12.6. The Balaban J connectivity index is 2.79. The predicted molar refractivity (Wildman–Crippen MR) is 124 cm³/mol. The van der Waals surface area contributed by atoms with Crippen LogP contribution in [0.5, 0.6) is 0 Å². The van der Waals surface area contributed by atoms with E-state index in [9.17, 15) is 19.2 Å². The molecule has 0 aromatic heterocycles. The molecule has 5 atom stereocenters. The van der Waals surface area contributed by atoms with E-state index >= 15 is 0 Å². The topological polar surface area (TPSA) is 123 Å². The molecule has 32 heavy (non-hydrogen) atoms. The fraction of sp³-hybridized carbons (Fsp3) is 0.818. The Labute approximate surface area is 195 Å². The average Bonchev–Trinajstić information content (AvgIpc) is 3.20. The molecule has 1 heterocycles. The molecule has 0 saturated carbocycles. The number of rotatable bonds is 14. The molecule has 1 aliphatic rings. The highest BCUT2D eigenvalue weighted by Gasteiger charge is 2.32. The normalized spacial score (nSPS) is 19.6. The standard InChI is InChI=1S/C22H39N3O6S/c1-7-14(4)17(25-20(27)15-8-9-18(26)23-15)12-31-19(13(2)3)21(28)24-16(10-11-32-6)22(29)30-5/h13-17,19H,7-12H2,1-6H3,(H,23,26)(H,24,28)(H,25,27). The SMILES string of the molecule is CCC(C)C(COC(C(=O)NC(CCSC)C(=O)OC)C(C)C)NC(=O)C1CCC(=O)N1. The number of amides is 3. The Kier molecular flexibility index (Phi) is 12.7. The monoisotopic (exact) mass is 473 g/mol. The van der Waals surface area contributed by atoms with E-state index < -0.39 is 24.2 Å². The lowest BCUT2D eigenvalue weighted by Gasteiger charge is -2.29. The Morgan fingerprint density at radius 1 is 1.22 bits per heavy atom. The smallest absolute Gasteiger partial charge is 0.328 e. The van der Waals surface area contributed by atoms with Gasteiger partial charge in [-0.25, -0.2) is 4.79 Å². The number of thioether (sulfide) groups is 1. The summed E-state index contributed by atoms with van der Waals surface area (Å²) in [5.74, 6) is -0.565. The number of hydrogen-bond acceptors (Lipinski definition) is 7. The second-order valence-electron chi connectivity index (χ2n) is 8.52. The predicted octanol–water partition coefficient (Wildman–Crippen LogP) is 1.25. The van der Waals surface area contributed by atoms with Gasteiger partial charge in [-0.1, -0.05) is 34.1 Å². The Morgan fingerprint density at radius 2 is 1.91 bits per heavy atom. The van der Waals surface area contributed by atoms with Gasteiger partial charge in [-0.3, -0.25) is 14.4 Å². The highest BCUT2D eigenvalue weighted by atomic mass is 32.2. The van der Waals surface area contributed by atoms with Crippen molar-refractivity contribution in [3.05, 3.63) is 0 Å². The summed E-state index contributed by atoms with van der Waals surface area (Å²) in [6.45, 7) is 7.89. The maximum absolute atomic E-state index is 12.9. The van der Waals surface area contributed by atoms with Crippen LogP contribution in [0.2, 0.25) is 0 Å². The van der Waals surface area contributed by atoms with Gasteiger partial charge >= 0.3 is 5.97 Å². The third-order valence-electron chi connectivity index (χ3n) is 5.70. The fourth-order valence-corrected chi connectivity index (χ4v) is 3.86. The van der Waals surface area contributed by atoms with Crippen LogP contribution in [-0.2, 0) is 28.7 Å². The summed E-state index contributed by atoms with van der Waals surface area (Å²) in [4.78, 5) is 49.0. The zero-order chi connectivity index (χ0) is 24.3. The molecule has 3 N–H and O–H groups in total. The number of nitrogens with one attached hydrogen (secondary N) is 3. The summed E-state index contributed by atoms with van der Waals surface area (Å²) < 4.78 is 10.8. The first kappa shape index (κ1) is 28.2. The minimum Gasteiger partial charge on any atom is -0.467 e. The molecule has 0 aromatic rings. The van der Waals surface area contributed by atoms with Crippen molar-refractivity contribution in [3.8, 4) is 0 Å². The van der Waals surface area contributed by atoms with Crippen LogP contribution in [0.1, 0.15) is 53.4 Å². The van der Waals surface area contributed by atoms with Crippen LogP contribution in [-0.4, -0.2) is 73.6 Å². The largest absolute Gasteiger partial charge is 0.467 e. The van der Waals surface area contributed by atoms with Gasteiger partial charge in [-0.2, -0.15) is 11.8 Å². The summed E-state index contributed by atoms with van der Waals surface area (Å²) in [5.41, 5.74) is 0. The van der Waals surface area contributed by atoms with E-state index in [1.165, 1.54) is 7.11 Å². The lowest BCUT2D eigenvalue weighted by atomic mass is 9.98. The van der Waals surface area contributed by atoms with Crippen LogP contribution in [0.4, 0.5) is 0 Å². The van der Waals surface area contributed by atoms with Gasteiger partial charge in [-0.15, -0.1) is 0 Å². The summed E-state index contributed by atoms with van der Waals surface area (Å²) >= 11 is 1.58. The van der Waals surface area contributed by atoms with E-state index in [4.69, 9.17) is 9.47 Å². The number of hydrogen-bond donors (Lipinski definition) is 3. The highest BCUT2D eigenvalue weighted by Crippen LogP contribution is 2.15. The third-order valence-corrected chi connectivity index (χ3v) is 6.35.